The fraction of sp³-hybridized carbons (Fsp3) is 0.381. The average molecular weight is 324 g/mol. The van der Waals surface area contributed by atoms with Crippen molar-refractivity contribution in [1.82, 2.24) is 4.90 Å². The van der Waals surface area contributed by atoms with Crippen molar-refractivity contribution in [2.24, 2.45) is 0 Å². The fourth-order valence-corrected chi connectivity index (χ4v) is 3.02. The summed E-state index contributed by atoms with van der Waals surface area (Å²) >= 11 is 0. The quantitative estimate of drug-likeness (QED) is 0.783. The summed E-state index contributed by atoms with van der Waals surface area (Å²) in [7, 11) is 0. The summed E-state index contributed by atoms with van der Waals surface area (Å²) in [6, 6.07) is 16.4. The second kappa shape index (κ2) is 8.53. The molecule has 1 atom stereocenters. The zero-order valence-corrected chi connectivity index (χ0v) is 15.0. The SMILES string of the molecule is CCC(Cc1ccc(C)cc1)N(CC)C(=O)Cc1ccc(N)cc1. The molecule has 0 saturated carbocycles. The fourth-order valence-electron chi connectivity index (χ4n) is 3.02. The van der Waals surface area contributed by atoms with Crippen LogP contribution < -0.4 is 5.73 Å². The van der Waals surface area contributed by atoms with Gasteiger partial charge in [-0.05, 0) is 49.9 Å². The summed E-state index contributed by atoms with van der Waals surface area (Å²) in [6.45, 7) is 7.03. The van der Waals surface area contributed by atoms with E-state index in [1.54, 1.807) is 0 Å². The number of nitrogen functional groups attached to an aromatic ring is 1. The Hall–Kier alpha value is -2.29. The van der Waals surface area contributed by atoms with Crippen LogP contribution >= 0.6 is 0 Å². The predicted octanol–water partition coefficient (Wildman–Crippen LogP) is 3.99. The van der Waals surface area contributed by atoms with Gasteiger partial charge in [-0.3, -0.25) is 4.79 Å². The number of benzene rings is 2. The van der Waals surface area contributed by atoms with E-state index in [9.17, 15) is 4.79 Å². The average Bonchev–Trinajstić information content (AvgIpc) is 2.58. The summed E-state index contributed by atoms with van der Waals surface area (Å²) < 4.78 is 0. The Labute approximate surface area is 145 Å². The van der Waals surface area contributed by atoms with Gasteiger partial charge in [0, 0.05) is 18.3 Å². The van der Waals surface area contributed by atoms with Crippen LogP contribution in [0.4, 0.5) is 5.69 Å². The molecule has 0 radical (unpaired) electrons. The van der Waals surface area contributed by atoms with Gasteiger partial charge < -0.3 is 10.6 Å². The highest BCUT2D eigenvalue weighted by molar-refractivity contribution is 5.79. The number of nitrogens with zero attached hydrogens (tertiary/aromatic N) is 1. The molecule has 2 rings (SSSR count). The number of amides is 1. The Morgan fingerprint density at radius 3 is 2.12 bits per heavy atom. The molecule has 2 aromatic rings. The van der Waals surface area contributed by atoms with Gasteiger partial charge in [0.05, 0.1) is 6.42 Å². The van der Waals surface area contributed by atoms with Crippen molar-refractivity contribution in [3.05, 3.63) is 65.2 Å². The molecule has 0 aromatic heterocycles. The van der Waals surface area contributed by atoms with Gasteiger partial charge in [-0.25, -0.2) is 0 Å². The molecule has 3 heteroatoms. The summed E-state index contributed by atoms with van der Waals surface area (Å²) in [4.78, 5) is 14.8. The van der Waals surface area contributed by atoms with Crippen molar-refractivity contribution in [1.29, 1.82) is 0 Å². The molecule has 0 heterocycles. The molecule has 1 amide bonds. The zero-order chi connectivity index (χ0) is 17.5. The predicted molar refractivity (Wildman–Crippen MR) is 101 cm³/mol. The number of likely N-dealkylation sites (N-methyl/N-ethyl adjacent to an activating group) is 1. The molecule has 2 N–H and O–H groups in total. The van der Waals surface area contributed by atoms with E-state index in [1.807, 2.05) is 29.2 Å². The van der Waals surface area contributed by atoms with Gasteiger partial charge in [0.1, 0.15) is 0 Å². The molecule has 0 aliphatic heterocycles. The first kappa shape index (κ1) is 18.1. The topological polar surface area (TPSA) is 46.3 Å². The Morgan fingerprint density at radius 2 is 1.58 bits per heavy atom. The normalized spacial score (nSPS) is 12.0. The lowest BCUT2D eigenvalue weighted by Gasteiger charge is -2.30. The van der Waals surface area contributed by atoms with E-state index in [4.69, 9.17) is 5.73 Å². The van der Waals surface area contributed by atoms with Crippen LogP contribution in [0.15, 0.2) is 48.5 Å². The Bertz CT molecular complexity index is 647. The number of hydrogen-bond acceptors (Lipinski definition) is 2. The van der Waals surface area contributed by atoms with E-state index in [2.05, 4.69) is 45.0 Å². The lowest BCUT2D eigenvalue weighted by atomic mass is 10.0. The van der Waals surface area contributed by atoms with Gasteiger partial charge >= 0.3 is 0 Å². The number of carbonyl (C=O) groups is 1. The first-order valence-corrected chi connectivity index (χ1v) is 8.72. The number of nitrogens with two attached hydrogens (primary N) is 1. The van der Waals surface area contributed by atoms with E-state index < -0.39 is 0 Å². The molecule has 24 heavy (non-hydrogen) atoms. The molecule has 0 aliphatic carbocycles. The van der Waals surface area contributed by atoms with E-state index in [-0.39, 0.29) is 11.9 Å². The first-order chi connectivity index (χ1) is 11.5. The molecule has 1 unspecified atom stereocenters. The van der Waals surface area contributed by atoms with Crippen molar-refractivity contribution in [3.8, 4) is 0 Å². The maximum atomic E-state index is 12.8. The van der Waals surface area contributed by atoms with E-state index in [0.29, 0.717) is 6.42 Å². The van der Waals surface area contributed by atoms with Crippen LogP contribution in [-0.2, 0) is 17.6 Å². The first-order valence-electron chi connectivity index (χ1n) is 8.72. The van der Waals surface area contributed by atoms with Crippen LogP contribution in [0.3, 0.4) is 0 Å². The van der Waals surface area contributed by atoms with Crippen LogP contribution in [0.25, 0.3) is 0 Å². The summed E-state index contributed by atoms with van der Waals surface area (Å²) in [5, 5.41) is 0. The van der Waals surface area contributed by atoms with Crippen molar-refractivity contribution in [3.63, 3.8) is 0 Å². The second-order valence-corrected chi connectivity index (χ2v) is 6.35. The van der Waals surface area contributed by atoms with Crippen LogP contribution in [0.5, 0.6) is 0 Å². The molecule has 0 aliphatic rings. The van der Waals surface area contributed by atoms with Crippen LogP contribution in [0, 0.1) is 6.92 Å². The summed E-state index contributed by atoms with van der Waals surface area (Å²) in [5.74, 6) is 0.182. The third kappa shape index (κ3) is 4.85. The van der Waals surface area contributed by atoms with Crippen molar-refractivity contribution in [2.45, 2.75) is 46.1 Å². The Kier molecular flexibility index (Phi) is 6.42. The molecule has 0 spiro atoms. The highest BCUT2D eigenvalue weighted by atomic mass is 16.2. The molecule has 0 fully saturated rings. The number of aryl methyl sites for hydroxylation is 1. The van der Waals surface area contributed by atoms with Crippen molar-refractivity contribution < 1.29 is 4.79 Å². The van der Waals surface area contributed by atoms with E-state index >= 15 is 0 Å². The number of hydrogen-bond donors (Lipinski definition) is 1. The van der Waals surface area contributed by atoms with Crippen LogP contribution in [0.1, 0.15) is 37.0 Å². The summed E-state index contributed by atoms with van der Waals surface area (Å²) in [6.07, 6.45) is 2.28. The third-order valence-electron chi connectivity index (χ3n) is 4.50. The maximum Gasteiger partial charge on any atom is 0.227 e. The maximum absolute atomic E-state index is 12.8. The number of rotatable bonds is 7. The van der Waals surface area contributed by atoms with Crippen molar-refractivity contribution >= 4 is 11.6 Å². The highest BCUT2D eigenvalue weighted by Crippen LogP contribution is 2.15. The Morgan fingerprint density at radius 1 is 1.00 bits per heavy atom. The monoisotopic (exact) mass is 324 g/mol. The molecular weight excluding hydrogens is 296 g/mol. The molecule has 0 saturated heterocycles. The second-order valence-electron chi connectivity index (χ2n) is 6.35. The van der Waals surface area contributed by atoms with Crippen LogP contribution in [0.2, 0.25) is 0 Å². The van der Waals surface area contributed by atoms with Gasteiger partial charge in [-0.1, -0.05) is 48.9 Å². The summed E-state index contributed by atoms with van der Waals surface area (Å²) in [5.41, 5.74) is 10.00. The van der Waals surface area contributed by atoms with E-state index in [0.717, 1.165) is 30.6 Å². The number of anilines is 1. The smallest absolute Gasteiger partial charge is 0.227 e. The minimum Gasteiger partial charge on any atom is -0.399 e. The molecular formula is C21H28N2O. The van der Waals surface area contributed by atoms with Gasteiger partial charge in [0.25, 0.3) is 0 Å². The largest absolute Gasteiger partial charge is 0.399 e. The van der Waals surface area contributed by atoms with Gasteiger partial charge in [-0.2, -0.15) is 0 Å². The molecule has 3 nitrogen and oxygen atoms in total. The molecule has 2 aromatic carbocycles. The minimum absolute atomic E-state index is 0.182. The minimum atomic E-state index is 0.182. The van der Waals surface area contributed by atoms with E-state index in [1.165, 1.54) is 11.1 Å². The standard InChI is InChI=1S/C21H28N2O/c1-4-20(14-17-8-6-16(3)7-9-17)23(5-2)21(24)15-18-10-12-19(22)13-11-18/h6-13,20H,4-5,14-15,22H2,1-3H3. The van der Waals surface area contributed by atoms with Gasteiger partial charge in [-0.15, -0.1) is 0 Å². The van der Waals surface area contributed by atoms with Crippen LogP contribution in [-0.4, -0.2) is 23.4 Å². The van der Waals surface area contributed by atoms with Crippen molar-refractivity contribution in [2.75, 3.05) is 12.3 Å². The lowest BCUT2D eigenvalue weighted by Crippen LogP contribution is -2.42. The third-order valence-corrected chi connectivity index (χ3v) is 4.50. The van der Waals surface area contributed by atoms with Gasteiger partial charge in [0.15, 0.2) is 0 Å². The van der Waals surface area contributed by atoms with Gasteiger partial charge in [0.2, 0.25) is 5.91 Å². The molecule has 0 bridgehead atoms. The Balaban J connectivity index is 2.06. The zero-order valence-electron chi connectivity index (χ0n) is 15.0. The lowest BCUT2D eigenvalue weighted by molar-refractivity contribution is -0.132. The highest BCUT2D eigenvalue weighted by Gasteiger charge is 2.21. The number of carbonyl (C=O) groups excluding carboxylic acids is 1. The molecule has 128 valence electrons.